The highest BCUT2D eigenvalue weighted by Gasteiger charge is 2.10. The summed E-state index contributed by atoms with van der Waals surface area (Å²) in [6.07, 6.45) is -0.353. The largest absolute Gasteiger partial charge is 0.481 e. The Morgan fingerprint density at radius 2 is 1.62 bits per heavy atom. The molecule has 0 atom stereocenters. The normalized spacial score (nSPS) is 9.50. The van der Waals surface area contributed by atoms with Crippen molar-refractivity contribution in [3.05, 3.63) is 59.7 Å². The van der Waals surface area contributed by atoms with Crippen LogP contribution >= 0.6 is 0 Å². The fourth-order valence-corrected chi connectivity index (χ4v) is 2.09. The van der Waals surface area contributed by atoms with Crippen molar-refractivity contribution in [1.82, 2.24) is 0 Å². The molecule has 6 heteroatoms. The van der Waals surface area contributed by atoms with E-state index in [1.165, 1.54) is 0 Å². The van der Waals surface area contributed by atoms with Crippen LogP contribution in [0.4, 0.5) is 11.4 Å². The monoisotopic (exact) mass is 356 g/mol. The molecule has 0 heterocycles. The van der Waals surface area contributed by atoms with Gasteiger partial charge >= 0.3 is 5.97 Å². The summed E-state index contributed by atoms with van der Waals surface area (Å²) in [4.78, 5) is 34.4. The highest BCUT2D eigenvalue weighted by molar-refractivity contribution is 6.05. The quantitative estimate of drug-likeness (QED) is 0.727. The Kier molecular flexibility index (Phi) is 8.57. The van der Waals surface area contributed by atoms with E-state index in [0.29, 0.717) is 11.3 Å². The zero-order valence-electron chi connectivity index (χ0n) is 15.2. The first-order chi connectivity index (χ1) is 12.5. The number of aliphatic carboxylic acids is 1. The van der Waals surface area contributed by atoms with Gasteiger partial charge in [-0.25, -0.2) is 0 Å². The lowest BCUT2D eigenvalue weighted by molar-refractivity contribution is -0.138. The first-order valence-electron chi connectivity index (χ1n) is 8.44. The minimum atomic E-state index is -1.03. The number of para-hydroxylation sites is 1. The lowest BCUT2D eigenvalue weighted by atomic mass is 10.1. The van der Waals surface area contributed by atoms with Crippen LogP contribution in [0.3, 0.4) is 0 Å². The highest BCUT2D eigenvalue weighted by Crippen LogP contribution is 2.16. The number of hydrogen-bond acceptors (Lipinski definition) is 3. The number of carbonyl (C=O) groups is 3. The zero-order valence-corrected chi connectivity index (χ0v) is 15.2. The predicted octanol–water partition coefficient (Wildman–Crippen LogP) is 4.08. The summed E-state index contributed by atoms with van der Waals surface area (Å²) in [5, 5.41) is 14.0. The van der Waals surface area contributed by atoms with Gasteiger partial charge in [0.25, 0.3) is 5.91 Å². The van der Waals surface area contributed by atoms with Crippen molar-refractivity contribution in [2.75, 3.05) is 10.6 Å². The topological polar surface area (TPSA) is 95.5 Å². The van der Waals surface area contributed by atoms with Crippen molar-refractivity contribution in [3.63, 3.8) is 0 Å². The molecule has 0 unspecified atom stereocenters. The maximum absolute atomic E-state index is 12.3. The molecule has 0 radical (unpaired) electrons. The molecule has 0 aliphatic carbocycles. The van der Waals surface area contributed by atoms with Crippen LogP contribution in [0.2, 0.25) is 0 Å². The summed E-state index contributed by atoms with van der Waals surface area (Å²) in [6, 6.07) is 13.9. The van der Waals surface area contributed by atoms with E-state index < -0.39 is 11.9 Å². The Balaban J connectivity index is 0.00000163. The third-order valence-electron chi connectivity index (χ3n) is 3.37. The number of anilines is 2. The second-order valence-corrected chi connectivity index (χ2v) is 5.29. The SMILES string of the molecule is CC.Cc1ccccc1NC(=O)c1cccc(NC(=O)CCC(=O)O)c1. The minimum Gasteiger partial charge on any atom is -0.481 e. The van der Waals surface area contributed by atoms with E-state index in [1.807, 2.05) is 45.0 Å². The maximum atomic E-state index is 12.3. The van der Waals surface area contributed by atoms with Crippen LogP contribution in [0.5, 0.6) is 0 Å². The first-order valence-corrected chi connectivity index (χ1v) is 8.44. The molecule has 0 saturated heterocycles. The number of aryl methyl sites for hydroxylation is 1. The summed E-state index contributed by atoms with van der Waals surface area (Å²) < 4.78 is 0. The van der Waals surface area contributed by atoms with Crippen LogP contribution in [0.1, 0.15) is 42.6 Å². The van der Waals surface area contributed by atoms with Crippen LogP contribution in [0, 0.1) is 6.92 Å². The molecule has 2 rings (SSSR count). The molecule has 3 N–H and O–H groups in total. The minimum absolute atomic E-state index is 0.116. The van der Waals surface area contributed by atoms with E-state index in [2.05, 4.69) is 10.6 Å². The van der Waals surface area contributed by atoms with Crippen LogP contribution in [0.15, 0.2) is 48.5 Å². The van der Waals surface area contributed by atoms with Gasteiger partial charge < -0.3 is 15.7 Å². The van der Waals surface area contributed by atoms with Gasteiger partial charge in [-0.2, -0.15) is 0 Å². The predicted molar refractivity (Wildman–Crippen MR) is 102 cm³/mol. The molecular formula is C20H24N2O4. The third kappa shape index (κ3) is 6.76. The molecule has 0 bridgehead atoms. The third-order valence-corrected chi connectivity index (χ3v) is 3.37. The summed E-state index contributed by atoms with van der Waals surface area (Å²) >= 11 is 0. The summed E-state index contributed by atoms with van der Waals surface area (Å²) in [5.41, 5.74) is 2.51. The highest BCUT2D eigenvalue weighted by atomic mass is 16.4. The van der Waals surface area contributed by atoms with E-state index in [1.54, 1.807) is 24.3 Å². The lowest BCUT2D eigenvalue weighted by Crippen LogP contribution is -2.15. The fourth-order valence-electron chi connectivity index (χ4n) is 2.09. The number of rotatable bonds is 6. The van der Waals surface area contributed by atoms with E-state index in [-0.39, 0.29) is 18.7 Å². The Morgan fingerprint density at radius 3 is 2.27 bits per heavy atom. The van der Waals surface area contributed by atoms with Gasteiger partial charge in [0.05, 0.1) is 6.42 Å². The van der Waals surface area contributed by atoms with Crippen molar-refractivity contribution in [2.45, 2.75) is 33.6 Å². The summed E-state index contributed by atoms with van der Waals surface area (Å²) in [6.45, 7) is 5.90. The standard InChI is InChI=1S/C18H18N2O4.C2H6/c1-12-5-2-3-8-15(12)20-18(24)13-6-4-7-14(11-13)19-16(21)9-10-17(22)23;1-2/h2-8,11H,9-10H2,1H3,(H,19,21)(H,20,24)(H,22,23);1-2H3. The second kappa shape index (κ2) is 10.7. The van der Waals surface area contributed by atoms with Crippen LogP contribution in [0.25, 0.3) is 0 Å². The number of carboxylic acid groups (broad SMARTS) is 1. The molecule has 0 saturated carbocycles. The van der Waals surface area contributed by atoms with Gasteiger partial charge in [-0.05, 0) is 36.8 Å². The van der Waals surface area contributed by atoms with Gasteiger partial charge in [0.15, 0.2) is 0 Å². The fraction of sp³-hybridized carbons (Fsp3) is 0.250. The molecule has 2 amide bonds. The van der Waals surface area contributed by atoms with Gasteiger partial charge in [0.1, 0.15) is 0 Å². The average Bonchev–Trinajstić information content (AvgIpc) is 2.64. The van der Waals surface area contributed by atoms with Crippen molar-refractivity contribution < 1.29 is 19.5 Å². The Bertz CT molecular complexity index is 772. The van der Waals surface area contributed by atoms with Gasteiger partial charge in [-0.15, -0.1) is 0 Å². The number of carboxylic acids is 1. The molecule has 0 aliphatic heterocycles. The molecule has 0 aliphatic rings. The van der Waals surface area contributed by atoms with Crippen LogP contribution in [-0.4, -0.2) is 22.9 Å². The van der Waals surface area contributed by atoms with Crippen LogP contribution in [-0.2, 0) is 9.59 Å². The number of amides is 2. The average molecular weight is 356 g/mol. The van der Waals surface area contributed by atoms with Crippen molar-refractivity contribution >= 4 is 29.2 Å². The summed E-state index contributed by atoms with van der Waals surface area (Å²) in [5.74, 6) is -1.73. The number of hydrogen-bond donors (Lipinski definition) is 3. The van der Waals surface area contributed by atoms with E-state index in [9.17, 15) is 14.4 Å². The van der Waals surface area contributed by atoms with Crippen molar-refractivity contribution in [1.29, 1.82) is 0 Å². The molecular weight excluding hydrogens is 332 g/mol. The molecule has 6 nitrogen and oxygen atoms in total. The van der Waals surface area contributed by atoms with Gasteiger partial charge in [-0.1, -0.05) is 38.1 Å². The Labute approximate surface area is 153 Å². The van der Waals surface area contributed by atoms with Crippen molar-refractivity contribution in [3.8, 4) is 0 Å². The van der Waals surface area contributed by atoms with Gasteiger partial charge in [0.2, 0.25) is 5.91 Å². The smallest absolute Gasteiger partial charge is 0.303 e. The van der Waals surface area contributed by atoms with Crippen LogP contribution < -0.4 is 10.6 Å². The van der Waals surface area contributed by atoms with Gasteiger partial charge in [0, 0.05) is 23.4 Å². The number of benzene rings is 2. The number of nitrogens with one attached hydrogen (secondary N) is 2. The molecule has 26 heavy (non-hydrogen) atoms. The second-order valence-electron chi connectivity index (χ2n) is 5.29. The van der Waals surface area contributed by atoms with E-state index >= 15 is 0 Å². The first kappa shape index (κ1) is 20.9. The Hall–Kier alpha value is -3.15. The van der Waals surface area contributed by atoms with E-state index in [0.717, 1.165) is 11.3 Å². The van der Waals surface area contributed by atoms with Gasteiger partial charge in [-0.3, -0.25) is 14.4 Å². The molecule has 0 spiro atoms. The maximum Gasteiger partial charge on any atom is 0.303 e. The molecule has 0 aromatic heterocycles. The summed E-state index contributed by atoms with van der Waals surface area (Å²) in [7, 11) is 0. The van der Waals surface area contributed by atoms with Crippen molar-refractivity contribution in [2.24, 2.45) is 0 Å². The molecule has 0 fully saturated rings. The number of carbonyl (C=O) groups excluding carboxylic acids is 2. The van der Waals surface area contributed by atoms with E-state index in [4.69, 9.17) is 5.11 Å². The lowest BCUT2D eigenvalue weighted by Gasteiger charge is -2.10. The molecule has 2 aromatic carbocycles. The molecule has 138 valence electrons. The molecule has 2 aromatic rings. The zero-order chi connectivity index (χ0) is 19.5. The Morgan fingerprint density at radius 1 is 0.923 bits per heavy atom.